The Morgan fingerprint density at radius 2 is 2.00 bits per heavy atom. The minimum atomic E-state index is -4.57. The first kappa shape index (κ1) is 15.7. The molecule has 0 saturated heterocycles. The molecule has 0 radical (unpaired) electrons. The van der Waals surface area contributed by atoms with Crippen molar-refractivity contribution < 1.29 is 17.6 Å². The number of nitrogens with two attached hydrogens (primary N) is 1. The Morgan fingerprint density at radius 3 is 2.53 bits per heavy atom. The van der Waals surface area contributed by atoms with Gasteiger partial charge in [-0.3, -0.25) is 0 Å². The van der Waals surface area contributed by atoms with E-state index in [4.69, 9.17) is 5.73 Å². The molecular formula is C13H16F4N2. The second-order valence-electron chi connectivity index (χ2n) is 4.09. The molecule has 1 aromatic carbocycles. The summed E-state index contributed by atoms with van der Waals surface area (Å²) in [6.45, 7) is 4.13. The largest absolute Gasteiger partial charge is 0.416 e. The molecule has 1 aromatic rings. The average Bonchev–Trinajstić information content (AvgIpc) is 2.33. The van der Waals surface area contributed by atoms with E-state index in [-0.39, 0.29) is 12.1 Å². The maximum absolute atomic E-state index is 13.3. The van der Waals surface area contributed by atoms with E-state index in [9.17, 15) is 17.6 Å². The molecule has 6 heteroatoms. The maximum atomic E-state index is 13.3. The lowest BCUT2D eigenvalue weighted by Gasteiger charge is -2.18. The first-order chi connectivity index (χ1) is 8.88. The fraction of sp³-hybridized carbons (Fsp3) is 0.385. The zero-order valence-electron chi connectivity index (χ0n) is 10.3. The maximum Gasteiger partial charge on any atom is 0.416 e. The van der Waals surface area contributed by atoms with Crippen LogP contribution in [0.4, 0.5) is 17.6 Å². The molecule has 0 aliphatic heterocycles. The molecule has 1 atom stereocenters. The third kappa shape index (κ3) is 4.65. The van der Waals surface area contributed by atoms with Gasteiger partial charge in [0.25, 0.3) is 0 Å². The lowest BCUT2D eigenvalue weighted by molar-refractivity contribution is -0.137. The van der Waals surface area contributed by atoms with Crippen molar-refractivity contribution in [3.63, 3.8) is 0 Å². The molecular weight excluding hydrogens is 260 g/mol. The second-order valence-corrected chi connectivity index (χ2v) is 4.09. The number of rotatable bonds is 6. The van der Waals surface area contributed by atoms with Gasteiger partial charge in [-0.1, -0.05) is 6.08 Å². The molecule has 3 N–H and O–H groups in total. The van der Waals surface area contributed by atoms with E-state index in [1.54, 1.807) is 6.08 Å². The summed E-state index contributed by atoms with van der Waals surface area (Å²) in [7, 11) is 0. The van der Waals surface area contributed by atoms with Crippen LogP contribution in [0.5, 0.6) is 0 Å². The van der Waals surface area contributed by atoms with Gasteiger partial charge >= 0.3 is 6.18 Å². The summed E-state index contributed by atoms with van der Waals surface area (Å²) in [6, 6.07) is 1.94. The molecule has 1 unspecified atom stereocenters. The predicted octanol–water partition coefficient (Wildman–Crippen LogP) is 3.01. The highest BCUT2D eigenvalue weighted by Crippen LogP contribution is 2.31. The Labute approximate surface area is 109 Å². The third-order valence-electron chi connectivity index (χ3n) is 2.62. The Morgan fingerprint density at radius 1 is 1.32 bits per heavy atom. The Kier molecular flexibility index (Phi) is 5.50. The monoisotopic (exact) mass is 276 g/mol. The standard InChI is InChI=1S/C13H16F4N2/c1-2-3-4-19-12(8-18)9-5-10(13(15,16)17)7-11(14)6-9/h2,5-7,12,19H,1,3-4,8,18H2. The van der Waals surface area contributed by atoms with Gasteiger partial charge in [0.1, 0.15) is 5.82 Å². The van der Waals surface area contributed by atoms with E-state index in [1.165, 1.54) is 0 Å². The van der Waals surface area contributed by atoms with E-state index in [1.807, 2.05) is 0 Å². The summed E-state index contributed by atoms with van der Waals surface area (Å²) in [4.78, 5) is 0. The van der Waals surface area contributed by atoms with Gasteiger partial charge in [-0.05, 0) is 36.7 Å². The molecule has 0 aromatic heterocycles. The fourth-order valence-corrected chi connectivity index (χ4v) is 1.67. The van der Waals surface area contributed by atoms with Crippen LogP contribution >= 0.6 is 0 Å². The molecule has 2 nitrogen and oxygen atoms in total. The molecule has 19 heavy (non-hydrogen) atoms. The molecule has 106 valence electrons. The van der Waals surface area contributed by atoms with Crippen molar-refractivity contribution in [3.8, 4) is 0 Å². The molecule has 0 aliphatic carbocycles. The SMILES string of the molecule is C=CCCNC(CN)c1cc(F)cc(C(F)(F)F)c1. The molecule has 0 spiro atoms. The number of benzene rings is 1. The topological polar surface area (TPSA) is 38.0 Å². The lowest BCUT2D eigenvalue weighted by Crippen LogP contribution is -2.29. The summed E-state index contributed by atoms with van der Waals surface area (Å²) in [5, 5.41) is 2.96. The Bertz CT molecular complexity index is 429. The van der Waals surface area contributed by atoms with Crippen LogP contribution in [0.15, 0.2) is 30.9 Å². The molecule has 1 rings (SSSR count). The molecule has 0 saturated carbocycles. The smallest absolute Gasteiger partial charge is 0.329 e. The van der Waals surface area contributed by atoms with Crippen LogP contribution in [0.2, 0.25) is 0 Å². The van der Waals surface area contributed by atoms with Crippen LogP contribution in [0, 0.1) is 5.82 Å². The van der Waals surface area contributed by atoms with Crippen LogP contribution in [0.25, 0.3) is 0 Å². The number of hydrogen-bond acceptors (Lipinski definition) is 2. The molecule has 0 bridgehead atoms. The summed E-state index contributed by atoms with van der Waals surface area (Å²) in [5.74, 6) is -0.922. The molecule has 0 heterocycles. The minimum absolute atomic E-state index is 0.0812. The molecule has 0 aliphatic rings. The first-order valence-electron chi connectivity index (χ1n) is 5.80. The van der Waals surface area contributed by atoms with Gasteiger partial charge in [-0.15, -0.1) is 6.58 Å². The normalized spacial score (nSPS) is 13.3. The summed E-state index contributed by atoms with van der Waals surface area (Å²) in [5.41, 5.74) is 4.69. The van der Waals surface area contributed by atoms with Crippen LogP contribution in [0.3, 0.4) is 0 Å². The van der Waals surface area contributed by atoms with Crippen molar-refractivity contribution in [2.75, 3.05) is 13.1 Å². The van der Waals surface area contributed by atoms with Gasteiger partial charge in [0.05, 0.1) is 5.56 Å². The van der Waals surface area contributed by atoms with Gasteiger partial charge in [-0.2, -0.15) is 13.2 Å². The van der Waals surface area contributed by atoms with Crippen LogP contribution < -0.4 is 11.1 Å². The Hall–Kier alpha value is -1.40. The van der Waals surface area contributed by atoms with E-state index in [0.717, 1.165) is 12.1 Å². The van der Waals surface area contributed by atoms with Crippen LogP contribution in [-0.2, 0) is 6.18 Å². The highest BCUT2D eigenvalue weighted by atomic mass is 19.4. The van der Waals surface area contributed by atoms with Crippen molar-refractivity contribution >= 4 is 0 Å². The van der Waals surface area contributed by atoms with Gasteiger partial charge in [-0.25, -0.2) is 4.39 Å². The van der Waals surface area contributed by atoms with Crippen LogP contribution in [-0.4, -0.2) is 13.1 Å². The highest BCUT2D eigenvalue weighted by Gasteiger charge is 2.31. The van der Waals surface area contributed by atoms with Gasteiger partial charge in [0.15, 0.2) is 0 Å². The highest BCUT2D eigenvalue weighted by molar-refractivity contribution is 5.29. The predicted molar refractivity (Wildman–Crippen MR) is 66.0 cm³/mol. The van der Waals surface area contributed by atoms with Crippen molar-refractivity contribution in [2.24, 2.45) is 5.73 Å². The zero-order chi connectivity index (χ0) is 14.5. The molecule has 0 amide bonds. The van der Waals surface area contributed by atoms with E-state index in [0.29, 0.717) is 19.0 Å². The quantitative estimate of drug-likeness (QED) is 0.476. The number of alkyl halides is 3. The van der Waals surface area contributed by atoms with Crippen molar-refractivity contribution in [1.29, 1.82) is 0 Å². The third-order valence-corrected chi connectivity index (χ3v) is 2.62. The van der Waals surface area contributed by atoms with Crippen molar-refractivity contribution in [3.05, 3.63) is 47.8 Å². The molecule has 0 fully saturated rings. The zero-order valence-corrected chi connectivity index (χ0v) is 10.3. The second kappa shape index (κ2) is 6.68. The van der Waals surface area contributed by atoms with Crippen molar-refractivity contribution in [2.45, 2.75) is 18.6 Å². The van der Waals surface area contributed by atoms with E-state index >= 15 is 0 Å². The summed E-state index contributed by atoms with van der Waals surface area (Å²) < 4.78 is 51.0. The van der Waals surface area contributed by atoms with Crippen molar-refractivity contribution in [1.82, 2.24) is 5.32 Å². The van der Waals surface area contributed by atoms with E-state index in [2.05, 4.69) is 11.9 Å². The minimum Gasteiger partial charge on any atom is -0.329 e. The number of hydrogen-bond donors (Lipinski definition) is 2. The van der Waals surface area contributed by atoms with Gasteiger partial charge in [0, 0.05) is 12.6 Å². The van der Waals surface area contributed by atoms with E-state index < -0.39 is 23.6 Å². The average molecular weight is 276 g/mol. The number of halogens is 4. The summed E-state index contributed by atoms with van der Waals surface area (Å²) >= 11 is 0. The van der Waals surface area contributed by atoms with Gasteiger partial charge in [0.2, 0.25) is 0 Å². The Balaban J connectivity index is 2.97. The fourth-order valence-electron chi connectivity index (χ4n) is 1.67. The number of nitrogens with one attached hydrogen (secondary N) is 1. The van der Waals surface area contributed by atoms with Crippen LogP contribution in [0.1, 0.15) is 23.6 Å². The van der Waals surface area contributed by atoms with Gasteiger partial charge < -0.3 is 11.1 Å². The lowest BCUT2D eigenvalue weighted by atomic mass is 10.0. The summed E-state index contributed by atoms with van der Waals surface area (Å²) in [6.07, 6.45) is -2.25. The first-order valence-corrected chi connectivity index (χ1v) is 5.80.